The Hall–Kier alpha value is -1.04. The molecular weight excluding hydrogens is 108 g/mol. The summed E-state index contributed by atoms with van der Waals surface area (Å²) in [5.74, 6) is 0. The van der Waals surface area contributed by atoms with Crippen LogP contribution < -0.4 is 0 Å². The number of allylic oxidation sites excluding steroid dienone is 6. The van der Waals surface area contributed by atoms with E-state index >= 15 is 0 Å². The van der Waals surface area contributed by atoms with Gasteiger partial charge in [-0.25, -0.2) is 0 Å². The smallest absolute Gasteiger partial charge is 0.0254 e. The van der Waals surface area contributed by atoms with E-state index in [2.05, 4.69) is 26.2 Å². The predicted molar refractivity (Wildman–Crippen MR) is 41.2 cm³/mol. The third kappa shape index (κ3) is 1.02. The van der Waals surface area contributed by atoms with Gasteiger partial charge in [0.05, 0.1) is 0 Å². The van der Waals surface area contributed by atoms with Gasteiger partial charge in [-0.2, -0.15) is 0 Å². The normalized spacial score (nSPS) is 17.2. The van der Waals surface area contributed by atoms with Crippen molar-refractivity contribution in [1.82, 2.24) is 0 Å². The molecule has 1 aliphatic rings. The Morgan fingerprint density at radius 3 is 2.33 bits per heavy atom. The lowest BCUT2D eigenvalue weighted by atomic mass is 10.2. The fourth-order valence-electron chi connectivity index (χ4n) is 0.817. The van der Waals surface area contributed by atoms with Crippen molar-refractivity contribution >= 4 is 0 Å². The van der Waals surface area contributed by atoms with Crippen molar-refractivity contribution in [2.24, 2.45) is 0 Å². The molecular formula is C9H10. The second-order valence-corrected chi connectivity index (χ2v) is 2.20. The Labute approximate surface area is 55.9 Å². The summed E-state index contributed by atoms with van der Waals surface area (Å²) in [5.41, 5.74) is 3.51. The molecule has 0 unspecified atom stereocenters. The van der Waals surface area contributed by atoms with Crippen LogP contribution in [0.25, 0.3) is 0 Å². The zero-order chi connectivity index (χ0) is 6.85. The molecule has 0 amide bonds. The quantitative estimate of drug-likeness (QED) is 0.496. The Kier molecular flexibility index (Phi) is 1.39. The molecule has 0 N–H and O–H groups in total. The molecule has 0 bridgehead atoms. The van der Waals surface area contributed by atoms with Crippen molar-refractivity contribution in [3.05, 3.63) is 48.1 Å². The molecule has 0 aromatic heterocycles. The van der Waals surface area contributed by atoms with Crippen molar-refractivity contribution < 1.29 is 0 Å². The molecule has 0 aliphatic heterocycles. The van der Waals surface area contributed by atoms with E-state index in [0.29, 0.717) is 0 Å². The molecule has 0 nitrogen and oxygen atoms in total. The second-order valence-electron chi connectivity index (χ2n) is 2.20. The van der Waals surface area contributed by atoms with Crippen LogP contribution in [0.1, 0.15) is 6.92 Å². The van der Waals surface area contributed by atoms with Gasteiger partial charge in [-0.3, -0.25) is 0 Å². The largest absolute Gasteiger partial charge is 0.0985 e. The average Bonchev–Trinajstić information content (AvgIpc) is 2.13. The summed E-state index contributed by atoms with van der Waals surface area (Å²) < 4.78 is 0. The highest BCUT2D eigenvalue weighted by Crippen LogP contribution is 2.21. The van der Waals surface area contributed by atoms with E-state index in [1.165, 1.54) is 5.57 Å². The first-order valence-corrected chi connectivity index (χ1v) is 2.96. The van der Waals surface area contributed by atoms with Gasteiger partial charge in [0.25, 0.3) is 0 Å². The van der Waals surface area contributed by atoms with E-state index in [4.69, 9.17) is 0 Å². The minimum atomic E-state index is 1.10. The number of rotatable bonds is 1. The van der Waals surface area contributed by atoms with Crippen LogP contribution in [0.5, 0.6) is 0 Å². The molecule has 0 atom stereocenters. The van der Waals surface area contributed by atoms with Crippen LogP contribution in [-0.4, -0.2) is 0 Å². The maximum absolute atomic E-state index is 3.84. The fraction of sp³-hybridized carbons (Fsp3) is 0.111. The van der Waals surface area contributed by atoms with Gasteiger partial charge < -0.3 is 0 Å². The molecule has 0 fully saturated rings. The highest BCUT2D eigenvalue weighted by molar-refractivity contribution is 5.53. The van der Waals surface area contributed by atoms with Crippen LogP contribution in [0, 0.1) is 0 Å². The first-order valence-electron chi connectivity index (χ1n) is 2.96. The Balaban J connectivity index is 2.95. The molecule has 0 radical (unpaired) electrons. The lowest BCUT2D eigenvalue weighted by Crippen LogP contribution is -1.67. The number of hydrogen-bond acceptors (Lipinski definition) is 0. The Morgan fingerprint density at radius 1 is 1.44 bits per heavy atom. The van der Waals surface area contributed by atoms with Crippen LogP contribution in [0.4, 0.5) is 0 Å². The van der Waals surface area contributed by atoms with Crippen molar-refractivity contribution in [1.29, 1.82) is 0 Å². The van der Waals surface area contributed by atoms with Crippen molar-refractivity contribution in [2.45, 2.75) is 6.92 Å². The summed E-state index contributed by atoms with van der Waals surface area (Å²) in [7, 11) is 0. The molecule has 0 aromatic rings. The van der Waals surface area contributed by atoms with E-state index in [9.17, 15) is 0 Å². The van der Waals surface area contributed by atoms with Crippen LogP contribution >= 0.6 is 0 Å². The zero-order valence-corrected chi connectivity index (χ0v) is 5.65. The van der Waals surface area contributed by atoms with Crippen LogP contribution in [-0.2, 0) is 0 Å². The molecule has 1 rings (SSSR count). The Morgan fingerprint density at radius 2 is 2.11 bits per heavy atom. The van der Waals surface area contributed by atoms with Gasteiger partial charge in [0.2, 0.25) is 0 Å². The zero-order valence-electron chi connectivity index (χ0n) is 5.65. The lowest BCUT2D eigenvalue weighted by molar-refractivity contribution is 1.49. The average molecular weight is 118 g/mol. The van der Waals surface area contributed by atoms with Gasteiger partial charge in [0.1, 0.15) is 0 Å². The molecule has 0 heteroatoms. The van der Waals surface area contributed by atoms with E-state index in [-0.39, 0.29) is 0 Å². The van der Waals surface area contributed by atoms with E-state index in [1.807, 2.05) is 12.2 Å². The van der Waals surface area contributed by atoms with E-state index in [0.717, 1.165) is 11.1 Å². The summed E-state index contributed by atoms with van der Waals surface area (Å²) in [6.07, 6.45) is 5.94. The molecule has 0 spiro atoms. The van der Waals surface area contributed by atoms with E-state index in [1.54, 1.807) is 0 Å². The SMILES string of the molecule is C=CC1=CC(=C)C(C)=C1. The topological polar surface area (TPSA) is 0 Å². The van der Waals surface area contributed by atoms with Crippen molar-refractivity contribution in [3.8, 4) is 0 Å². The molecule has 46 valence electrons. The third-order valence-electron chi connectivity index (χ3n) is 1.47. The molecule has 0 saturated carbocycles. The van der Waals surface area contributed by atoms with Gasteiger partial charge in [0.15, 0.2) is 0 Å². The maximum Gasteiger partial charge on any atom is -0.0254 e. The lowest BCUT2D eigenvalue weighted by Gasteiger charge is -1.86. The predicted octanol–water partition coefficient (Wildman–Crippen LogP) is 2.61. The second kappa shape index (κ2) is 2.06. The first kappa shape index (κ1) is 6.09. The summed E-state index contributed by atoms with van der Waals surface area (Å²) in [6, 6.07) is 0. The van der Waals surface area contributed by atoms with Crippen molar-refractivity contribution in [3.63, 3.8) is 0 Å². The van der Waals surface area contributed by atoms with Crippen molar-refractivity contribution in [2.75, 3.05) is 0 Å². The van der Waals surface area contributed by atoms with Crippen LogP contribution in [0.2, 0.25) is 0 Å². The van der Waals surface area contributed by atoms with Crippen LogP contribution in [0.3, 0.4) is 0 Å². The standard InChI is InChI=1S/C9H10/c1-4-9-5-7(2)8(3)6-9/h4-6H,1-2H2,3H3. The number of hydrogen-bond donors (Lipinski definition) is 0. The van der Waals surface area contributed by atoms with Gasteiger partial charge in [-0.05, 0) is 29.7 Å². The highest BCUT2D eigenvalue weighted by atomic mass is 14.1. The molecule has 0 heterocycles. The van der Waals surface area contributed by atoms with Gasteiger partial charge in [0, 0.05) is 0 Å². The summed E-state index contributed by atoms with van der Waals surface area (Å²) in [6.45, 7) is 9.55. The summed E-state index contributed by atoms with van der Waals surface area (Å²) >= 11 is 0. The Bertz CT molecular complexity index is 214. The third-order valence-corrected chi connectivity index (χ3v) is 1.47. The molecule has 0 saturated heterocycles. The minimum absolute atomic E-state index is 1.10. The highest BCUT2D eigenvalue weighted by Gasteiger charge is 2.01. The summed E-state index contributed by atoms with van der Waals surface area (Å²) in [5, 5.41) is 0. The molecule has 0 aromatic carbocycles. The summed E-state index contributed by atoms with van der Waals surface area (Å²) in [4.78, 5) is 0. The fourth-order valence-corrected chi connectivity index (χ4v) is 0.817. The van der Waals surface area contributed by atoms with Crippen LogP contribution in [0.15, 0.2) is 48.1 Å². The monoisotopic (exact) mass is 118 g/mol. The molecule has 9 heavy (non-hydrogen) atoms. The van der Waals surface area contributed by atoms with E-state index < -0.39 is 0 Å². The van der Waals surface area contributed by atoms with Gasteiger partial charge >= 0.3 is 0 Å². The maximum atomic E-state index is 3.84. The first-order chi connectivity index (χ1) is 4.24. The van der Waals surface area contributed by atoms with Gasteiger partial charge in [-0.15, -0.1) is 0 Å². The van der Waals surface area contributed by atoms with Gasteiger partial charge in [-0.1, -0.05) is 25.3 Å². The molecule has 1 aliphatic carbocycles. The minimum Gasteiger partial charge on any atom is -0.0985 e.